The maximum atomic E-state index is 12.4. The topological polar surface area (TPSA) is 75.7 Å². The number of morpholine rings is 1. The highest BCUT2D eigenvalue weighted by molar-refractivity contribution is 7.90. The lowest BCUT2D eigenvalue weighted by atomic mass is 10.1. The van der Waals surface area contributed by atoms with Crippen molar-refractivity contribution in [1.29, 1.82) is 0 Å². The number of nitrogens with zero attached hydrogens (tertiary/aromatic N) is 1. The quantitative estimate of drug-likeness (QED) is 0.858. The first-order valence-electron chi connectivity index (χ1n) is 6.82. The van der Waals surface area contributed by atoms with Crippen molar-refractivity contribution in [2.24, 2.45) is 0 Å². The van der Waals surface area contributed by atoms with Crippen molar-refractivity contribution in [3.8, 4) is 0 Å². The van der Waals surface area contributed by atoms with Gasteiger partial charge in [0.25, 0.3) is 0 Å². The van der Waals surface area contributed by atoms with Gasteiger partial charge < -0.3 is 4.74 Å². The maximum absolute atomic E-state index is 12.4. The predicted octanol–water partition coefficient (Wildman–Crippen LogP) is 1.66. The van der Waals surface area contributed by atoms with Crippen LogP contribution in [-0.4, -0.2) is 43.8 Å². The van der Waals surface area contributed by atoms with Crippen molar-refractivity contribution in [1.82, 2.24) is 4.31 Å². The molecule has 2 rings (SSSR count). The summed E-state index contributed by atoms with van der Waals surface area (Å²) < 4.78 is 34.2. The molecule has 116 valence electrons. The molecule has 1 saturated heterocycles. The molecule has 0 bridgehead atoms. The van der Waals surface area contributed by atoms with Crippen LogP contribution in [-0.2, 0) is 14.9 Å². The van der Waals surface area contributed by atoms with E-state index in [2.05, 4.69) is 4.72 Å². The third-order valence-electron chi connectivity index (χ3n) is 3.26. The highest BCUT2D eigenvalue weighted by atomic mass is 32.2. The van der Waals surface area contributed by atoms with E-state index in [0.717, 1.165) is 0 Å². The van der Waals surface area contributed by atoms with Crippen LogP contribution in [0.3, 0.4) is 0 Å². The van der Waals surface area contributed by atoms with E-state index in [0.29, 0.717) is 24.3 Å². The van der Waals surface area contributed by atoms with E-state index in [1.165, 1.54) is 11.2 Å². The minimum atomic E-state index is -3.62. The van der Waals surface area contributed by atoms with E-state index in [1.807, 2.05) is 13.8 Å². The normalized spacial score (nSPS) is 23.8. The smallest absolute Gasteiger partial charge is 0.301 e. The van der Waals surface area contributed by atoms with E-state index >= 15 is 0 Å². The molecule has 1 aliphatic heterocycles. The molecule has 1 heterocycles. The molecule has 0 saturated carbocycles. The second kappa shape index (κ2) is 6.13. The van der Waals surface area contributed by atoms with Crippen LogP contribution in [0.5, 0.6) is 0 Å². The minimum absolute atomic E-state index is 0.0553. The van der Waals surface area contributed by atoms with Crippen LogP contribution in [0.15, 0.2) is 24.3 Å². The Hall–Kier alpha value is -1.44. The van der Waals surface area contributed by atoms with Crippen molar-refractivity contribution >= 4 is 21.7 Å². The van der Waals surface area contributed by atoms with Gasteiger partial charge in [0.05, 0.1) is 12.2 Å². The molecule has 0 aliphatic carbocycles. The molecule has 7 heteroatoms. The van der Waals surface area contributed by atoms with Crippen LogP contribution >= 0.6 is 0 Å². The van der Waals surface area contributed by atoms with Crippen LogP contribution in [0.1, 0.15) is 31.1 Å². The van der Waals surface area contributed by atoms with E-state index in [1.54, 1.807) is 24.3 Å². The Balaban J connectivity index is 2.11. The Labute approximate surface area is 125 Å². The molecule has 6 nitrogen and oxygen atoms in total. The monoisotopic (exact) mass is 312 g/mol. The van der Waals surface area contributed by atoms with Crippen molar-refractivity contribution in [2.45, 2.75) is 33.0 Å². The second-order valence-corrected chi connectivity index (χ2v) is 6.99. The number of Topliss-reactive ketones (excluding diaryl/α,β-unsaturated/α-hetero) is 1. The lowest BCUT2D eigenvalue weighted by Gasteiger charge is -2.34. The van der Waals surface area contributed by atoms with Crippen molar-refractivity contribution in [2.75, 3.05) is 17.8 Å². The number of hydrogen-bond acceptors (Lipinski definition) is 4. The zero-order chi connectivity index (χ0) is 15.6. The Morgan fingerprint density at radius 2 is 1.71 bits per heavy atom. The van der Waals surface area contributed by atoms with Gasteiger partial charge in [0.15, 0.2) is 5.78 Å². The summed E-state index contributed by atoms with van der Waals surface area (Å²) in [6.07, 6.45) is -0.268. The molecule has 1 fully saturated rings. The number of anilines is 1. The van der Waals surface area contributed by atoms with E-state index < -0.39 is 10.2 Å². The summed E-state index contributed by atoms with van der Waals surface area (Å²) in [5.41, 5.74) is 0.985. The van der Waals surface area contributed by atoms with E-state index in [4.69, 9.17) is 4.74 Å². The highest BCUT2D eigenvalue weighted by Crippen LogP contribution is 2.18. The number of ether oxygens (including phenoxy) is 1. The van der Waals surface area contributed by atoms with Crippen LogP contribution in [0, 0.1) is 0 Å². The number of ketones is 1. The molecule has 21 heavy (non-hydrogen) atoms. The molecular formula is C14H20N2O4S. The Morgan fingerprint density at radius 1 is 1.19 bits per heavy atom. The van der Waals surface area contributed by atoms with Gasteiger partial charge in [0.2, 0.25) is 0 Å². The fourth-order valence-electron chi connectivity index (χ4n) is 2.31. The summed E-state index contributed by atoms with van der Waals surface area (Å²) in [7, 11) is -3.62. The molecule has 0 radical (unpaired) electrons. The summed E-state index contributed by atoms with van der Waals surface area (Å²) in [4.78, 5) is 11.2. The first kappa shape index (κ1) is 15.9. The van der Waals surface area contributed by atoms with Crippen molar-refractivity contribution in [3.05, 3.63) is 29.8 Å². The average Bonchev–Trinajstić information content (AvgIpc) is 2.37. The lowest BCUT2D eigenvalue weighted by molar-refractivity contribution is -0.0439. The van der Waals surface area contributed by atoms with Crippen LogP contribution in [0.4, 0.5) is 5.69 Å². The van der Waals surface area contributed by atoms with Gasteiger partial charge in [-0.15, -0.1) is 0 Å². The summed E-state index contributed by atoms with van der Waals surface area (Å²) in [5.74, 6) is -0.0553. The maximum Gasteiger partial charge on any atom is 0.301 e. The van der Waals surface area contributed by atoms with Gasteiger partial charge in [-0.2, -0.15) is 12.7 Å². The number of hydrogen-bond donors (Lipinski definition) is 1. The zero-order valence-electron chi connectivity index (χ0n) is 12.4. The molecule has 1 aromatic carbocycles. The molecule has 1 aromatic rings. The Bertz CT molecular complexity index is 602. The van der Waals surface area contributed by atoms with Gasteiger partial charge in [-0.25, -0.2) is 0 Å². The zero-order valence-corrected chi connectivity index (χ0v) is 13.2. The first-order valence-corrected chi connectivity index (χ1v) is 8.26. The van der Waals surface area contributed by atoms with Crippen molar-refractivity contribution in [3.63, 3.8) is 0 Å². The number of nitrogens with one attached hydrogen (secondary N) is 1. The molecular weight excluding hydrogens is 292 g/mol. The highest BCUT2D eigenvalue weighted by Gasteiger charge is 2.30. The fourth-order valence-corrected chi connectivity index (χ4v) is 3.69. The van der Waals surface area contributed by atoms with Crippen LogP contribution in [0.25, 0.3) is 0 Å². The molecule has 2 atom stereocenters. The van der Waals surface area contributed by atoms with Crippen LogP contribution < -0.4 is 4.72 Å². The van der Waals surface area contributed by atoms with E-state index in [-0.39, 0.29) is 18.0 Å². The summed E-state index contributed by atoms with van der Waals surface area (Å²) in [6, 6.07) is 6.37. The Kier molecular flexibility index (Phi) is 4.65. The van der Waals surface area contributed by atoms with Gasteiger partial charge in [-0.1, -0.05) is 0 Å². The molecule has 0 spiro atoms. The number of carbonyl (C=O) groups is 1. The Morgan fingerprint density at radius 3 is 2.19 bits per heavy atom. The molecule has 1 N–H and O–H groups in total. The summed E-state index contributed by atoms with van der Waals surface area (Å²) in [5, 5.41) is 0. The van der Waals surface area contributed by atoms with Gasteiger partial charge in [0.1, 0.15) is 0 Å². The predicted molar refractivity (Wildman–Crippen MR) is 80.6 cm³/mol. The van der Waals surface area contributed by atoms with Gasteiger partial charge in [-0.3, -0.25) is 9.52 Å². The minimum Gasteiger partial charge on any atom is -0.373 e. The first-order chi connectivity index (χ1) is 9.78. The van der Waals surface area contributed by atoms with E-state index in [9.17, 15) is 13.2 Å². The van der Waals surface area contributed by atoms with Crippen LogP contribution in [0.2, 0.25) is 0 Å². The third kappa shape index (κ3) is 4.03. The molecule has 0 aromatic heterocycles. The number of rotatable bonds is 4. The largest absolute Gasteiger partial charge is 0.373 e. The molecule has 0 unspecified atom stereocenters. The van der Waals surface area contributed by atoms with Gasteiger partial charge >= 0.3 is 10.2 Å². The van der Waals surface area contributed by atoms with Gasteiger partial charge in [0, 0.05) is 24.3 Å². The third-order valence-corrected chi connectivity index (χ3v) is 4.74. The second-order valence-electron chi connectivity index (χ2n) is 5.31. The summed E-state index contributed by atoms with van der Waals surface area (Å²) >= 11 is 0. The lowest BCUT2D eigenvalue weighted by Crippen LogP contribution is -2.49. The summed E-state index contributed by atoms with van der Waals surface area (Å²) in [6.45, 7) is 5.81. The molecule has 1 aliphatic rings. The molecule has 0 amide bonds. The number of benzene rings is 1. The average molecular weight is 312 g/mol. The number of carbonyl (C=O) groups excluding carboxylic acids is 1. The fraction of sp³-hybridized carbons (Fsp3) is 0.500. The SMILES string of the molecule is CC(=O)c1ccc(NS(=O)(=O)N2C[C@@H](C)O[C@@H](C)C2)cc1. The van der Waals surface area contributed by atoms with Crippen molar-refractivity contribution < 1.29 is 17.9 Å². The standard InChI is InChI=1S/C14H20N2O4S/c1-10-8-16(9-11(2)20-10)21(18,19)15-14-6-4-13(5-7-14)12(3)17/h4-7,10-11,15H,8-9H2,1-3H3/t10-,11+. The van der Waals surface area contributed by atoms with Gasteiger partial charge in [-0.05, 0) is 45.0 Å².